The van der Waals surface area contributed by atoms with Gasteiger partial charge in [-0.2, -0.15) is 0 Å². The van der Waals surface area contributed by atoms with Gasteiger partial charge in [-0.3, -0.25) is 4.79 Å². The molecule has 2 aliphatic rings. The van der Waals surface area contributed by atoms with Crippen molar-refractivity contribution in [3.05, 3.63) is 0 Å². The van der Waals surface area contributed by atoms with Crippen LogP contribution in [0.1, 0.15) is 26.2 Å². The smallest absolute Gasteiger partial charge is 0.223 e. The lowest BCUT2D eigenvalue weighted by Crippen LogP contribution is -2.50. The Hall–Kier alpha value is -0.610. The van der Waals surface area contributed by atoms with E-state index < -0.39 is 0 Å². The Morgan fingerprint density at radius 2 is 2.20 bits per heavy atom. The topological polar surface area (TPSA) is 49.8 Å². The van der Waals surface area contributed by atoms with Gasteiger partial charge < -0.3 is 14.7 Å². The highest BCUT2D eigenvalue weighted by atomic mass is 16.5. The van der Waals surface area contributed by atoms with Crippen molar-refractivity contribution < 1.29 is 14.6 Å². The molecule has 2 fully saturated rings. The lowest BCUT2D eigenvalue weighted by Gasteiger charge is -2.41. The normalized spacial score (nSPS) is 30.9. The Morgan fingerprint density at radius 1 is 1.53 bits per heavy atom. The molecule has 2 aliphatic heterocycles. The number of hydrogen-bond donors (Lipinski definition) is 1. The van der Waals surface area contributed by atoms with Gasteiger partial charge in [-0.25, -0.2) is 0 Å². The van der Waals surface area contributed by atoms with Crippen molar-refractivity contribution >= 4 is 5.91 Å². The SMILES string of the molecule is CC1(N2CC(CO)CC2=O)CCOCC1. The van der Waals surface area contributed by atoms with Crippen molar-refractivity contribution in [2.75, 3.05) is 26.4 Å². The first kappa shape index (κ1) is 10.9. The zero-order chi connectivity index (χ0) is 10.9. The number of ether oxygens (including phenoxy) is 1. The fraction of sp³-hybridized carbons (Fsp3) is 0.909. The molecule has 0 radical (unpaired) electrons. The maximum absolute atomic E-state index is 11.8. The van der Waals surface area contributed by atoms with Gasteiger partial charge in [0.15, 0.2) is 0 Å². The fourth-order valence-electron chi connectivity index (χ4n) is 2.51. The maximum atomic E-state index is 11.8. The molecule has 1 unspecified atom stereocenters. The first-order valence-corrected chi connectivity index (χ1v) is 5.65. The van der Waals surface area contributed by atoms with Crippen LogP contribution in [-0.2, 0) is 9.53 Å². The molecule has 1 N–H and O–H groups in total. The average molecular weight is 213 g/mol. The summed E-state index contributed by atoms with van der Waals surface area (Å²) in [5.41, 5.74) is -0.0424. The Labute approximate surface area is 90.2 Å². The van der Waals surface area contributed by atoms with Crippen LogP contribution in [0.15, 0.2) is 0 Å². The van der Waals surface area contributed by atoms with Crippen LogP contribution in [-0.4, -0.2) is 47.8 Å². The lowest BCUT2D eigenvalue weighted by molar-refractivity contribution is -0.136. The summed E-state index contributed by atoms with van der Waals surface area (Å²) >= 11 is 0. The van der Waals surface area contributed by atoms with Crippen molar-refractivity contribution in [2.45, 2.75) is 31.7 Å². The van der Waals surface area contributed by atoms with Crippen molar-refractivity contribution in [2.24, 2.45) is 5.92 Å². The van der Waals surface area contributed by atoms with Crippen molar-refractivity contribution in [3.63, 3.8) is 0 Å². The predicted octanol–water partition coefficient (Wildman–Crippen LogP) is 0.396. The number of amides is 1. The summed E-state index contributed by atoms with van der Waals surface area (Å²) in [6, 6.07) is 0. The van der Waals surface area contributed by atoms with E-state index in [4.69, 9.17) is 9.84 Å². The van der Waals surface area contributed by atoms with E-state index in [2.05, 4.69) is 6.92 Å². The summed E-state index contributed by atoms with van der Waals surface area (Å²) in [5, 5.41) is 9.08. The molecule has 1 amide bonds. The zero-order valence-corrected chi connectivity index (χ0v) is 9.24. The number of carbonyl (C=O) groups is 1. The third-order valence-corrected chi connectivity index (χ3v) is 3.68. The molecule has 0 aliphatic carbocycles. The van der Waals surface area contributed by atoms with Gasteiger partial charge >= 0.3 is 0 Å². The first-order valence-electron chi connectivity index (χ1n) is 5.65. The Kier molecular flexibility index (Phi) is 2.98. The minimum absolute atomic E-state index is 0.0424. The van der Waals surface area contributed by atoms with Gasteiger partial charge in [-0.15, -0.1) is 0 Å². The fourth-order valence-corrected chi connectivity index (χ4v) is 2.51. The Bertz CT molecular complexity index is 248. The quantitative estimate of drug-likeness (QED) is 0.722. The van der Waals surface area contributed by atoms with Gasteiger partial charge in [0.05, 0.1) is 0 Å². The van der Waals surface area contributed by atoms with Gasteiger partial charge in [-0.05, 0) is 19.8 Å². The molecule has 0 spiro atoms. The zero-order valence-electron chi connectivity index (χ0n) is 9.24. The minimum Gasteiger partial charge on any atom is -0.396 e. The third kappa shape index (κ3) is 2.01. The van der Waals surface area contributed by atoms with Crippen LogP contribution in [0.5, 0.6) is 0 Å². The lowest BCUT2D eigenvalue weighted by atomic mass is 9.90. The van der Waals surface area contributed by atoms with Crippen LogP contribution in [0, 0.1) is 5.92 Å². The highest BCUT2D eigenvalue weighted by Crippen LogP contribution is 2.32. The van der Waals surface area contributed by atoms with E-state index in [1.807, 2.05) is 4.90 Å². The monoisotopic (exact) mass is 213 g/mol. The average Bonchev–Trinajstić information content (AvgIpc) is 2.61. The van der Waals surface area contributed by atoms with Crippen LogP contribution >= 0.6 is 0 Å². The van der Waals surface area contributed by atoms with Crippen molar-refractivity contribution in [3.8, 4) is 0 Å². The molecule has 0 aromatic carbocycles. The summed E-state index contributed by atoms with van der Waals surface area (Å²) in [6.45, 7) is 4.45. The molecule has 4 heteroatoms. The van der Waals surface area contributed by atoms with E-state index in [0.717, 1.165) is 26.1 Å². The number of nitrogens with zero attached hydrogens (tertiary/aromatic N) is 1. The maximum Gasteiger partial charge on any atom is 0.223 e. The summed E-state index contributed by atoms with van der Waals surface area (Å²) < 4.78 is 5.33. The largest absolute Gasteiger partial charge is 0.396 e. The van der Waals surface area contributed by atoms with Crippen LogP contribution < -0.4 is 0 Å². The Balaban J connectivity index is 2.06. The molecule has 0 aromatic heterocycles. The summed E-state index contributed by atoms with van der Waals surface area (Å²) in [6.07, 6.45) is 2.33. The highest BCUT2D eigenvalue weighted by Gasteiger charge is 2.41. The number of aliphatic hydroxyl groups excluding tert-OH is 1. The third-order valence-electron chi connectivity index (χ3n) is 3.68. The predicted molar refractivity (Wildman–Crippen MR) is 55.4 cm³/mol. The van der Waals surface area contributed by atoms with Crippen LogP contribution in [0.4, 0.5) is 0 Å². The number of carbonyl (C=O) groups excluding carboxylic acids is 1. The van der Waals surface area contributed by atoms with E-state index >= 15 is 0 Å². The highest BCUT2D eigenvalue weighted by molar-refractivity contribution is 5.79. The molecule has 4 nitrogen and oxygen atoms in total. The van der Waals surface area contributed by atoms with Gasteiger partial charge in [0.25, 0.3) is 0 Å². The Morgan fingerprint density at radius 3 is 2.73 bits per heavy atom. The van der Waals surface area contributed by atoms with Gasteiger partial charge in [-0.1, -0.05) is 0 Å². The minimum atomic E-state index is -0.0424. The van der Waals surface area contributed by atoms with Crippen molar-refractivity contribution in [1.29, 1.82) is 0 Å². The second-order valence-corrected chi connectivity index (χ2v) is 4.87. The van der Waals surface area contributed by atoms with E-state index in [1.54, 1.807) is 0 Å². The summed E-state index contributed by atoms with van der Waals surface area (Å²) in [4.78, 5) is 13.8. The van der Waals surface area contributed by atoms with Gasteiger partial charge in [0.1, 0.15) is 0 Å². The van der Waals surface area contributed by atoms with Gasteiger partial charge in [0, 0.05) is 44.2 Å². The molecule has 1 atom stereocenters. The first-order chi connectivity index (χ1) is 7.15. The van der Waals surface area contributed by atoms with Crippen LogP contribution in [0.3, 0.4) is 0 Å². The number of hydrogen-bond acceptors (Lipinski definition) is 3. The molecule has 2 heterocycles. The van der Waals surface area contributed by atoms with E-state index in [9.17, 15) is 4.79 Å². The van der Waals surface area contributed by atoms with Crippen LogP contribution in [0.2, 0.25) is 0 Å². The molecule has 0 aromatic rings. The van der Waals surface area contributed by atoms with E-state index in [-0.39, 0.29) is 24.0 Å². The molecular formula is C11H19NO3. The molecule has 2 saturated heterocycles. The number of aliphatic hydroxyl groups is 1. The molecule has 86 valence electrons. The number of rotatable bonds is 2. The standard InChI is InChI=1S/C11H19NO3/c1-11(2-4-15-5-3-11)12-7-9(8-13)6-10(12)14/h9,13H,2-8H2,1H3. The summed E-state index contributed by atoms with van der Waals surface area (Å²) in [7, 11) is 0. The summed E-state index contributed by atoms with van der Waals surface area (Å²) in [5.74, 6) is 0.329. The molecular weight excluding hydrogens is 194 g/mol. The van der Waals surface area contributed by atoms with E-state index in [1.165, 1.54) is 0 Å². The second kappa shape index (κ2) is 4.10. The second-order valence-electron chi connectivity index (χ2n) is 4.87. The molecule has 0 saturated carbocycles. The van der Waals surface area contributed by atoms with Gasteiger partial charge in [0.2, 0.25) is 5.91 Å². The van der Waals surface area contributed by atoms with E-state index in [0.29, 0.717) is 13.0 Å². The molecule has 0 bridgehead atoms. The van der Waals surface area contributed by atoms with Crippen LogP contribution in [0.25, 0.3) is 0 Å². The number of likely N-dealkylation sites (tertiary alicyclic amines) is 1. The molecule has 2 rings (SSSR count). The van der Waals surface area contributed by atoms with Crippen molar-refractivity contribution in [1.82, 2.24) is 4.90 Å². The molecule has 15 heavy (non-hydrogen) atoms.